The summed E-state index contributed by atoms with van der Waals surface area (Å²) in [6.45, 7) is 0. The summed E-state index contributed by atoms with van der Waals surface area (Å²) >= 11 is 1.58. The Labute approximate surface area is 111 Å². The van der Waals surface area contributed by atoms with Crippen molar-refractivity contribution in [3.8, 4) is 0 Å². The topological polar surface area (TPSA) is 17.1 Å². The maximum Gasteiger partial charge on any atom is 0.180 e. The molecule has 3 rings (SSSR count). The van der Waals surface area contributed by atoms with Crippen LogP contribution >= 0.6 is 11.8 Å². The Bertz CT molecular complexity index is 602. The molecule has 2 aromatic rings. The Kier molecular flexibility index (Phi) is 3.03. The van der Waals surface area contributed by atoms with E-state index in [0.717, 1.165) is 16.7 Å². The second-order valence-electron chi connectivity index (χ2n) is 4.18. The van der Waals surface area contributed by atoms with Gasteiger partial charge in [0, 0.05) is 5.56 Å². The highest BCUT2D eigenvalue weighted by molar-refractivity contribution is 8.03. The first kappa shape index (κ1) is 11.3. The molecule has 0 spiro atoms. The molecule has 0 aromatic heterocycles. The number of fused-ring (bicyclic) bond motifs is 1. The number of carbonyl (C=O) groups is 1. The molecule has 0 saturated heterocycles. The van der Waals surface area contributed by atoms with Crippen LogP contribution in [0.15, 0.2) is 60.0 Å². The molecule has 2 heteroatoms. The van der Waals surface area contributed by atoms with E-state index in [4.69, 9.17) is 0 Å². The van der Waals surface area contributed by atoms with Crippen LogP contribution in [0.25, 0.3) is 6.08 Å². The van der Waals surface area contributed by atoms with E-state index >= 15 is 0 Å². The molecule has 0 amide bonds. The van der Waals surface area contributed by atoms with Crippen LogP contribution in [0.1, 0.15) is 26.7 Å². The maximum absolute atomic E-state index is 12.5. The van der Waals surface area contributed by atoms with Crippen molar-refractivity contribution in [2.24, 2.45) is 0 Å². The number of ketones is 1. The van der Waals surface area contributed by atoms with E-state index < -0.39 is 0 Å². The molecule has 0 radical (unpaired) electrons. The molecule has 1 unspecified atom stereocenters. The van der Waals surface area contributed by atoms with Crippen molar-refractivity contribution in [3.63, 3.8) is 0 Å². The van der Waals surface area contributed by atoms with E-state index in [9.17, 15) is 4.79 Å². The van der Waals surface area contributed by atoms with Crippen LogP contribution in [0.3, 0.4) is 0 Å². The quantitative estimate of drug-likeness (QED) is 0.740. The van der Waals surface area contributed by atoms with Crippen LogP contribution in [0.5, 0.6) is 0 Å². The molecule has 0 fully saturated rings. The summed E-state index contributed by atoms with van der Waals surface area (Å²) in [4.78, 5) is 12.5. The average molecular weight is 252 g/mol. The standard InChI is InChI=1S/C16H12OS/c17-15(13-7-2-1-3-8-13)16-14-9-5-4-6-12(14)10-11-18-16/h1-11,16H. The van der Waals surface area contributed by atoms with Gasteiger partial charge in [0.05, 0.1) is 5.25 Å². The van der Waals surface area contributed by atoms with Gasteiger partial charge in [-0.3, -0.25) is 4.79 Å². The van der Waals surface area contributed by atoms with Crippen LogP contribution in [0, 0.1) is 0 Å². The van der Waals surface area contributed by atoms with Gasteiger partial charge in [0.2, 0.25) is 0 Å². The van der Waals surface area contributed by atoms with E-state index in [2.05, 4.69) is 12.1 Å². The predicted octanol–water partition coefficient (Wildman–Crippen LogP) is 4.33. The van der Waals surface area contributed by atoms with Crippen molar-refractivity contribution < 1.29 is 4.79 Å². The van der Waals surface area contributed by atoms with E-state index in [0.29, 0.717) is 0 Å². The lowest BCUT2D eigenvalue weighted by molar-refractivity contribution is 0.0989. The largest absolute Gasteiger partial charge is 0.293 e. The van der Waals surface area contributed by atoms with Gasteiger partial charge < -0.3 is 0 Å². The molecule has 0 aliphatic carbocycles. The zero-order valence-electron chi connectivity index (χ0n) is 9.74. The monoisotopic (exact) mass is 252 g/mol. The van der Waals surface area contributed by atoms with Crippen molar-refractivity contribution in [1.29, 1.82) is 0 Å². The number of hydrogen-bond acceptors (Lipinski definition) is 2. The minimum Gasteiger partial charge on any atom is -0.293 e. The van der Waals surface area contributed by atoms with Crippen LogP contribution < -0.4 is 0 Å². The highest BCUT2D eigenvalue weighted by atomic mass is 32.2. The highest BCUT2D eigenvalue weighted by Gasteiger charge is 2.25. The normalized spacial score (nSPS) is 17.2. The Morgan fingerprint density at radius 3 is 2.50 bits per heavy atom. The minimum absolute atomic E-state index is 0.117. The molecule has 0 saturated carbocycles. The summed E-state index contributed by atoms with van der Waals surface area (Å²) in [5.74, 6) is 0.178. The fourth-order valence-electron chi connectivity index (χ4n) is 2.12. The van der Waals surface area contributed by atoms with Gasteiger partial charge in [0.25, 0.3) is 0 Å². The number of Topliss-reactive ketones (excluding diaryl/α,β-unsaturated/α-hetero) is 1. The molecular weight excluding hydrogens is 240 g/mol. The number of rotatable bonds is 2. The van der Waals surface area contributed by atoms with Crippen molar-refractivity contribution in [3.05, 3.63) is 76.7 Å². The van der Waals surface area contributed by atoms with Crippen molar-refractivity contribution in [1.82, 2.24) is 0 Å². The average Bonchev–Trinajstić information content (AvgIpc) is 2.47. The van der Waals surface area contributed by atoms with E-state index in [1.165, 1.54) is 0 Å². The van der Waals surface area contributed by atoms with Crippen LogP contribution in [0.2, 0.25) is 0 Å². The van der Waals surface area contributed by atoms with Crippen LogP contribution in [-0.4, -0.2) is 5.78 Å². The number of thioether (sulfide) groups is 1. The third-order valence-corrected chi connectivity index (χ3v) is 4.07. The first-order chi connectivity index (χ1) is 8.86. The molecule has 1 heterocycles. The molecule has 1 aliphatic rings. The third-order valence-electron chi connectivity index (χ3n) is 3.04. The molecule has 1 atom stereocenters. The second kappa shape index (κ2) is 4.83. The van der Waals surface area contributed by atoms with E-state index in [1.807, 2.05) is 53.9 Å². The molecule has 1 aliphatic heterocycles. The molecule has 18 heavy (non-hydrogen) atoms. The predicted molar refractivity (Wildman–Crippen MR) is 76.6 cm³/mol. The van der Waals surface area contributed by atoms with Crippen molar-refractivity contribution >= 4 is 23.6 Å². The van der Waals surface area contributed by atoms with Gasteiger partial charge in [-0.2, -0.15) is 0 Å². The molecule has 0 bridgehead atoms. The van der Waals surface area contributed by atoms with Gasteiger partial charge >= 0.3 is 0 Å². The lowest BCUT2D eigenvalue weighted by Gasteiger charge is -2.19. The fourth-order valence-corrected chi connectivity index (χ4v) is 3.13. The van der Waals surface area contributed by atoms with Gasteiger partial charge in [-0.05, 0) is 22.6 Å². The van der Waals surface area contributed by atoms with Gasteiger partial charge in [0.1, 0.15) is 0 Å². The molecule has 2 aromatic carbocycles. The summed E-state index contributed by atoms with van der Waals surface area (Å²) in [7, 11) is 0. The summed E-state index contributed by atoms with van der Waals surface area (Å²) in [6.07, 6.45) is 2.06. The second-order valence-corrected chi connectivity index (χ2v) is 5.19. The van der Waals surface area contributed by atoms with Crippen molar-refractivity contribution in [2.45, 2.75) is 5.25 Å². The highest BCUT2D eigenvalue weighted by Crippen LogP contribution is 2.39. The summed E-state index contributed by atoms with van der Waals surface area (Å²) in [5.41, 5.74) is 3.03. The van der Waals surface area contributed by atoms with Crippen LogP contribution in [0.4, 0.5) is 0 Å². The van der Waals surface area contributed by atoms with E-state index in [-0.39, 0.29) is 11.0 Å². The summed E-state index contributed by atoms with van der Waals surface area (Å²) < 4.78 is 0. The van der Waals surface area contributed by atoms with Crippen LogP contribution in [-0.2, 0) is 0 Å². The Morgan fingerprint density at radius 2 is 1.67 bits per heavy atom. The van der Waals surface area contributed by atoms with Crippen molar-refractivity contribution in [2.75, 3.05) is 0 Å². The van der Waals surface area contributed by atoms with Gasteiger partial charge in [-0.1, -0.05) is 54.6 Å². The van der Waals surface area contributed by atoms with Gasteiger partial charge in [0.15, 0.2) is 5.78 Å². The Hall–Kier alpha value is -1.80. The SMILES string of the molecule is O=C(c1ccccc1)C1SC=Cc2ccccc21. The first-order valence-electron chi connectivity index (χ1n) is 5.86. The molecule has 0 N–H and O–H groups in total. The number of benzene rings is 2. The Morgan fingerprint density at radius 1 is 0.944 bits per heavy atom. The zero-order valence-corrected chi connectivity index (χ0v) is 10.6. The summed E-state index contributed by atoms with van der Waals surface area (Å²) in [5, 5.41) is 1.89. The van der Waals surface area contributed by atoms with Gasteiger partial charge in [-0.25, -0.2) is 0 Å². The molecule has 88 valence electrons. The minimum atomic E-state index is -0.117. The first-order valence-corrected chi connectivity index (χ1v) is 6.81. The van der Waals surface area contributed by atoms with E-state index in [1.54, 1.807) is 11.8 Å². The molecular formula is C16H12OS. The third kappa shape index (κ3) is 2.00. The molecule has 1 nitrogen and oxygen atoms in total. The smallest absolute Gasteiger partial charge is 0.180 e. The lowest BCUT2D eigenvalue weighted by Crippen LogP contribution is -2.11. The zero-order chi connectivity index (χ0) is 12.4. The number of carbonyl (C=O) groups excluding carboxylic acids is 1. The number of hydrogen-bond donors (Lipinski definition) is 0. The Balaban J connectivity index is 2.00. The summed E-state index contributed by atoms with van der Waals surface area (Å²) in [6, 6.07) is 17.6. The fraction of sp³-hybridized carbons (Fsp3) is 0.0625. The van der Waals surface area contributed by atoms with Gasteiger partial charge in [-0.15, -0.1) is 11.8 Å². The maximum atomic E-state index is 12.5. The lowest BCUT2D eigenvalue weighted by atomic mass is 9.98.